The van der Waals surface area contributed by atoms with Gasteiger partial charge in [-0.2, -0.15) is 0 Å². The summed E-state index contributed by atoms with van der Waals surface area (Å²) in [6.07, 6.45) is -33.6. The van der Waals surface area contributed by atoms with Gasteiger partial charge in [-0.25, -0.2) is 4.79 Å². The van der Waals surface area contributed by atoms with Gasteiger partial charge in [-0.05, 0) is 110 Å². The van der Waals surface area contributed by atoms with Gasteiger partial charge < -0.3 is 139 Å². The van der Waals surface area contributed by atoms with E-state index in [1.165, 1.54) is 13.0 Å². The lowest BCUT2D eigenvalue weighted by Crippen LogP contribution is -2.69. The molecule has 17 N–H and O–H groups in total. The summed E-state index contributed by atoms with van der Waals surface area (Å²) in [7, 11) is 0. The SMILES string of the molecule is CC=C(C)C(=O)OCC1OC(OC2CC3(CO)C(O)CC4(C)C(=CCC5C6(C)CCC(OC7OC(COC8OC(COC9OCC(O)C(O)C9O)C(O)C(O)C8O)C(O)C(O)C7O)C(C)(C)C6CCC54C)C3CC2(C)C)C(O)C(O)C1OC1OC(CO)C(O)C(O)C1O. The van der Waals surface area contributed by atoms with E-state index in [2.05, 4.69) is 40.7 Å². The predicted molar refractivity (Wildman–Crippen MR) is 315 cm³/mol. The quantitative estimate of drug-likeness (QED) is 0.0289. The fourth-order valence-corrected chi connectivity index (χ4v) is 18.2. The molecule has 0 aromatic heterocycles. The highest BCUT2D eigenvalue weighted by Gasteiger charge is 2.71. The summed E-state index contributed by atoms with van der Waals surface area (Å²) in [6, 6.07) is 0. The van der Waals surface area contributed by atoms with Gasteiger partial charge in [-0.3, -0.25) is 0 Å². The molecular formula is C64H104O29. The Balaban J connectivity index is 0.813. The van der Waals surface area contributed by atoms with E-state index in [1.54, 1.807) is 6.92 Å². The normalized spacial score (nSPS) is 52.3. The topological polar surface area (TPSA) is 463 Å². The van der Waals surface area contributed by atoms with Crippen LogP contribution < -0.4 is 0 Å². The molecule has 5 aliphatic carbocycles. The number of rotatable bonds is 17. The predicted octanol–water partition coefficient (Wildman–Crippen LogP) is -3.64. The highest BCUT2D eigenvalue weighted by molar-refractivity contribution is 5.87. The minimum atomic E-state index is -1.88. The molecule has 0 aromatic rings. The number of fused-ring (bicyclic) bond motifs is 7. The molecule has 5 saturated heterocycles. The van der Waals surface area contributed by atoms with Crippen LogP contribution in [-0.4, -0.2) is 298 Å². The highest BCUT2D eigenvalue weighted by Crippen LogP contribution is 2.76. The van der Waals surface area contributed by atoms with Gasteiger partial charge in [0.25, 0.3) is 0 Å². The fraction of sp³-hybridized carbons (Fsp3) is 0.922. The molecule has 0 radical (unpaired) electrons. The number of carbonyl (C=O) groups excluding carboxylic acids is 1. The molecule has 10 aliphatic rings. The van der Waals surface area contributed by atoms with Crippen molar-refractivity contribution in [3.63, 3.8) is 0 Å². The zero-order valence-corrected chi connectivity index (χ0v) is 54.4. The minimum absolute atomic E-state index is 0.0509. The molecule has 0 spiro atoms. The summed E-state index contributed by atoms with van der Waals surface area (Å²) < 4.78 is 65.3. The molecule has 5 heterocycles. The Morgan fingerprint density at radius 1 is 0.559 bits per heavy atom. The maximum Gasteiger partial charge on any atom is 0.333 e. The Morgan fingerprint density at radius 3 is 1.69 bits per heavy atom. The van der Waals surface area contributed by atoms with Crippen LogP contribution in [-0.2, 0) is 56.9 Å². The number of allylic oxidation sites excluding steroid dienone is 3. The van der Waals surface area contributed by atoms with Crippen molar-refractivity contribution in [2.45, 2.75) is 279 Å². The lowest BCUT2D eigenvalue weighted by Gasteiger charge is -2.72. The first-order valence-electron chi connectivity index (χ1n) is 32.9. The van der Waals surface area contributed by atoms with Crippen molar-refractivity contribution < 1.29 is 144 Å². The molecule has 4 saturated carbocycles. The van der Waals surface area contributed by atoms with Crippen LogP contribution in [0.1, 0.15) is 114 Å². The molecule has 34 unspecified atom stereocenters. The van der Waals surface area contributed by atoms with Crippen molar-refractivity contribution in [2.24, 2.45) is 50.2 Å². The largest absolute Gasteiger partial charge is 0.459 e. The zero-order chi connectivity index (χ0) is 68.1. The number of ether oxygens (including phenoxy) is 11. The third kappa shape index (κ3) is 12.9. The Morgan fingerprint density at radius 2 is 1.09 bits per heavy atom. The fourth-order valence-electron chi connectivity index (χ4n) is 18.2. The molecule has 0 bridgehead atoms. The van der Waals surface area contributed by atoms with Gasteiger partial charge in [0.2, 0.25) is 0 Å². The molecule has 0 aromatic carbocycles. The number of hydrogen-bond donors (Lipinski definition) is 17. The van der Waals surface area contributed by atoms with Gasteiger partial charge in [0, 0.05) is 11.0 Å². The summed E-state index contributed by atoms with van der Waals surface area (Å²) in [5.41, 5.74) is -2.24. The van der Waals surface area contributed by atoms with E-state index in [1.807, 2.05) is 13.8 Å². The second kappa shape index (κ2) is 27.8. The van der Waals surface area contributed by atoms with Crippen molar-refractivity contribution in [1.82, 2.24) is 0 Å². The van der Waals surface area contributed by atoms with Crippen molar-refractivity contribution in [1.29, 1.82) is 0 Å². The van der Waals surface area contributed by atoms with E-state index in [9.17, 15) is 91.6 Å². The van der Waals surface area contributed by atoms with E-state index >= 15 is 0 Å². The summed E-state index contributed by atoms with van der Waals surface area (Å²) in [5, 5.41) is 186. The van der Waals surface area contributed by atoms with Gasteiger partial charge >= 0.3 is 5.97 Å². The smallest absolute Gasteiger partial charge is 0.333 e. The molecule has 29 heteroatoms. The van der Waals surface area contributed by atoms with E-state index in [4.69, 9.17) is 52.1 Å². The average Bonchev–Trinajstić information content (AvgIpc) is 0.674. The highest BCUT2D eigenvalue weighted by atomic mass is 16.8. The van der Waals surface area contributed by atoms with E-state index in [-0.39, 0.29) is 47.2 Å². The van der Waals surface area contributed by atoms with Crippen LogP contribution >= 0.6 is 0 Å². The molecule has 10 rings (SSSR count). The Kier molecular flexibility index (Phi) is 22.0. The first kappa shape index (κ1) is 73.6. The second-order valence-corrected chi connectivity index (χ2v) is 30.3. The molecule has 5 aliphatic heterocycles. The standard InChI is InChI=1S/C64H104O29/c1-10-26(2)53(82)83-24-33-52(93-58-50(80)43(73)40(70)30(20-65)87-58)46(76)51(81)57(90-33)92-38-19-64(25-66)28(17-59(38,3)4)27-11-12-35-61(7)15-14-37(60(5,6)34(61)13-16-62(35,8)63(27,9)18-36(64)68)91-56-49(79)45(75)42(72)32(89-56)23-86-55-48(78)44(74)41(71)31(88-55)22-85-54-47(77)39(69)29(67)21-84-54/h10-11,28-52,54-58,65-81H,12-25H2,1-9H3. The van der Waals surface area contributed by atoms with Gasteiger partial charge in [0.05, 0.1) is 51.3 Å². The van der Waals surface area contributed by atoms with Crippen molar-refractivity contribution in [2.75, 3.05) is 39.6 Å². The van der Waals surface area contributed by atoms with Gasteiger partial charge in [-0.15, -0.1) is 0 Å². The van der Waals surface area contributed by atoms with Crippen molar-refractivity contribution in [3.05, 3.63) is 23.3 Å². The number of esters is 1. The van der Waals surface area contributed by atoms with Crippen LogP contribution in [0, 0.1) is 50.2 Å². The molecule has 0 amide bonds. The van der Waals surface area contributed by atoms with Crippen LogP contribution in [0.3, 0.4) is 0 Å². The number of hydrogen-bond acceptors (Lipinski definition) is 29. The first-order chi connectivity index (χ1) is 43.6. The maximum atomic E-state index is 12.9. The van der Waals surface area contributed by atoms with Crippen LogP contribution in [0.2, 0.25) is 0 Å². The summed E-state index contributed by atoms with van der Waals surface area (Å²) in [4.78, 5) is 12.9. The van der Waals surface area contributed by atoms with Gasteiger partial charge in [0.15, 0.2) is 31.5 Å². The Hall–Kier alpha value is -2.13. The van der Waals surface area contributed by atoms with Crippen LogP contribution in [0.4, 0.5) is 0 Å². The van der Waals surface area contributed by atoms with Crippen LogP contribution in [0.25, 0.3) is 0 Å². The minimum Gasteiger partial charge on any atom is -0.459 e. The van der Waals surface area contributed by atoms with Gasteiger partial charge in [-0.1, -0.05) is 66.2 Å². The third-order valence-electron chi connectivity index (χ3n) is 24.4. The van der Waals surface area contributed by atoms with Gasteiger partial charge in [0.1, 0.15) is 123 Å². The van der Waals surface area contributed by atoms with Crippen LogP contribution in [0.15, 0.2) is 23.3 Å². The van der Waals surface area contributed by atoms with Crippen LogP contribution in [0.5, 0.6) is 0 Å². The molecule has 534 valence electrons. The van der Waals surface area contributed by atoms with E-state index in [0.717, 1.165) is 18.4 Å². The summed E-state index contributed by atoms with van der Waals surface area (Å²) in [5.74, 6) is -0.902. The molecule has 93 heavy (non-hydrogen) atoms. The molecular weight excluding hydrogens is 1230 g/mol. The monoisotopic (exact) mass is 1340 g/mol. The van der Waals surface area contributed by atoms with E-state index in [0.29, 0.717) is 32.1 Å². The molecule has 29 nitrogen and oxygen atoms in total. The number of carbonyl (C=O) groups is 1. The lowest BCUT2D eigenvalue weighted by molar-refractivity contribution is -0.368. The van der Waals surface area contributed by atoms with E-state index < -0.39 is 226 Å². The number of aliphatic hydroxyl groups excluding tert-OH is 17. The summed E-state index contributed by atoms with van der Waals surface area (Å²) in [6.45, 7) is 15.1. The average molecular weight is 1340 g/mol. The lowest BCUT2D eigenvalue weighted by atomic mass is 9.33. The zero-order valence-electron chi connectivity index (χ0n) is 54.4. The number of aliphatic hydroxyl groups is 17. The van der Waals surface area contributed by atoms with Crippen molar-refractivity contribution >= 4 is 5.97 Å². The third-order valence-corrected chi connectivity index (χ3v) is 24.4. The summed E-state index contributed by atoms with van der Waals surface area (Å²) >= 11 is 0. The second-order valence-electron chi connectivity index (χ2n) is 30.3. The maximum absolute atomic E-state index is 12.9. The first-order valence-corrected chi connectivity index (χ1v) is 32.9. The molecule has 34 atom stereocenters. The Bertz CT molecular complexity index is 2630. The Labute approximate surface area is 540 Å². The van der Waals surface area contributed by atoms with Crippen molar-refractivity contribution in [3.8, 4) is 0 Å². The molecule has 9 fully saturated rings.